The molecular weight excluding hydrogens is 208 g/mol. The molecule has 94 valence electrons. The molecule has 2 atom stereocenters. The third kappa shape index (κ3) is 5.70. The summed E-state index contributed by atoms with van der Waals surface area (Å²) in [5.74, 6) is -1.10. The molecule has 1 unspecified atom stereocenters. The third-order valence-electron chi connectivity index (χ3n) is 2.46. The minimum atomic E-state index is -0.914. The quantitative estimate of drug-likeness (QED) is 0.601. The van der Waals surface area contributed by atoms with E-state index in [4.69, 9.17) is 10.8 Å². The number of carboxylic acid groups (broad SMARTS) is 1. The fourth-order valence-corrected chi connectivity index (χ4v) is 1.37. The molecule has 0 aliphatic heterocycles. The van der Waals surface area contributed by atoms with Crippen molar-refractivity contribution in [3.05, 3.63) is 0 Å². The normalized spacial score (nSPS) is 14.6. The van der Waals surface area contributed by atoms with Crippen LogP contribution < -0.4 is 11.1 Å². The molecule has 0 saturated carbocycles. The van der Waals surface area contributed by atoms with E-state index < -0.39 is 12.0 Å². The van der Waals surface area contributed by atoms with Gasteiger partial charge in [0.1, 0.15) is 0 Å². The Labute approximate surface area is 96.4 Å². The summed E-state index contributed by atoms with van der Waals surface area (Å²) in [6.07, 6.45) is 1.38. The molecule has 0 radical (unpaired) electrons. The largest absolute Gasteiger partial charge is 0.481 e. The number of nitrogens with one attached hydrogen (secondary N) is 1. The summed E-state index contributed by atoms with van der Waals surface area (Å²) in [5, 5.41) is 11.4. The molecule has 5 heteroatoms. The molecule has 0 heterocycles. The highest BCUT2D eigenvalue weighted by molar-refractivity contribution is 5.82. The number of amides is 1. The van der Waals surface area contributed by atoms with Crippen LogP contribution in [-0.2, 0) is 9.59 Å². The van der Waals surface area contributed by atoms with E-state index in [0.29, 0.717) is 6.42 Å². The van der Waals surface area contributed by atoms with Gasteiger partial charge in [-0.1, -0.05) is 27.2 Å². The molecule has 0 aliphatic carbocycles. The van der Waals surface area contributed by atoms with Crippen LogP contribution in [0.5, 0.6) is 0 Å². The van der Waals surface area contributed by atoms with Crippen molar-refractivity contribution in [1.29, 1.82) is 0 Å². The predicted octanol–water partition coefficient (Wildman–Crippen LogP) is 0.729. The van der Waals surface area contributed by atoms with Crippen LogP contribution in [0.3, 0.4) is 0 Å². The minimum absolute atomic E-state index is 0.0672. The molecular formula is C11H22N2O3. The Balaban J connectivity index is 4.28. The van der Waals surface area contributed by atoms with Crippen molar-refractivity contribution in [2.75, 3.05) is 0 Å². The van der Waals surface area contributed by atoms with Crippen molar-refractivity contribution >= 4 is 11.9 Å². The van der Waals surface area contributed by atoms with E-state index in [9.17, 15) is 9.59 Å². The topological polar surface area (TPSA) is 92.4 Å². The van der Waals surface area contributed by atoms with Gasteiger partial charge in [0.2, 0.25) is 5.91 Å². The van der Waals surface area contributed by atoms with Crippen molar-refractivity contribution in [2.24, 2.45) is 11.7 Å². The highest BCUT2D eigenvalue weighted by Crippen LogP contribution is 2.07. The van der Waals surface area contributed by atoms with Crippen molar-refractivity contribution < 1.29 is 14.7 Å². The highest BCUT2D eigenvalue weighted by Gasteiger charge is 2.21. The lowest BCUT2D eigenvalue weighted by Crippen LogP contribution is -2.47. The fraction of sp³-hybridized carbons (Fsp3) is 0.818. The second-order valence-electron chi connectivity index (χ2n) is 4.35. The summed E-state index contributed by atoms with van der Waals surface area (Å²) in [6, 6.07) is -0.895. The van der Waals surface area contributed by atoms with Gasteiger partial charge < -0.3 is 16.2 Å². The van der Waals surface area contributed by atoms with E-state index in [-0.39, 0.29) is 24.3 Å². The minimum Gasteiger partial charge on any atom is -0.481 e. The van der Waals surface area contributed by atoms with Gasteiger partial charge in [-0.05, 0) is 12.3 Å². The average molecular weight is 230 g/mol. The van der Waals surface area contributed by atoms with Crippen LogP contribution in [0, 0.1) is 5.92 Å². The van der Waals surface area contributed by atoms with Gasteiger partial charge in [-0.3, -0.25) is 9.59 Å². The monoisotopic (exact) mass is 230 g/mol. The molecule has 0 aromatic carbocycles. The van der Waals surface area contributed by atoms with E-state index in [1.165, 1.54) is 0 Å². The first-order valence-electron chi connectivity index (χ1n) is 5.66. The van der Waals surface area contributed by atoms with Gasteiger partial charge >= 0.3 is 5.97 Å². The molecule has 0 aromatic heterocycles. The van der Waals surface area contributed by atoms with Crippen LogP contribution in [0.1, 0.15) is 40.0 Å². The van der Waals surface area contributed by atoms with E-state index in [0.717, 1.165) is 6.42 Å². The van der Waals surface area contributed by atoms with E-state index >= 15 is 0 Å². The number of aliphatic carboxylic acids is 1. The highest BCUT2D eigenvalue weighted by atomic mass is 16.4. The van der Waals surface area contributed by atoms with Crippen molar-refractivity contribution in [1.82, 2.24) is 5.32 Å². The molecule has 0 aliphatic rings. The zero-order valence-corrected chi connectivity index (χ0v) is 10.2. The second-order valence-corrected chi connectivity index (χ2v) is 4.35. The standard InChI is InChI=1S/C11H22N2O3/c1-4-5-8(12)11(16)13-9(7(2)3)6-10(14)15/h7-9H,4-6,12H2,1-3H3,(H,13,16)(H,14,15)/t8-,9?/m1/s1. The van der Waals surface area contributed by atoms with Crippen LogP contribution >= 0.6 is 0 Å². The lowest BCUT2D eigenvalue weighted by Gasteiger charge is -2.22. The van der Waals surface area contributed by atoms with Gasteiger partial charge in [-0.2, -0.15) is 0 Å². The molecule has 0 rings (SSSR count). The van der Waals surface area contributed by atoms with Crippen LogP contribution in [0.15, 0.2) is 0 Å². The first kappa shape index (κ1) is 14.9. The number of hydrogen-bond acceptors (Lipinski definition) is 3. The fourth-order valence-electron chi connectivity index (χ4n) is 1.37. The lowest BCUT2D eigenvalue weighted by atomic mass is 10.00. The summed E-state index contributed by atoms with van der Waals surface area (Å²) in [5.41, 5.74) is 5.65. The van der Waals surface area contributed by atoms with Gasteiger partial charge in [-0.25, -0.2) is 0 Å². The number of carbonyl (C=O) groups is 2. The summed E-state index contributed by atoms with van der Waals surface area (Å²) >= 11 is 0. The summed E-state index contributed by atoms with van der Waals surface area (Å²) in [4.78, 5) is 22.2. The van der Waals surface area contributed by atoms with Crippen LogP contribution in [0.4, 0.5) is 0 Å². The Bertz CT molecular complexity index is 241. The maximum atomic E-state index is 11.6. The van der Waals surface area contributed by atoms with Gasteiger partial charge in [0.05, 0.1) is 12.5 Å². The maximum absolute atomic E-state index is 11.6. The second kappa shape index (κ2) is 7.22. The molecule has 16 heavy (non-hydrogen) atoms. The van der Waals surface area contributed by atoms with Gasteiger partial charge in [0, 0.05) is 6.04 Å². The van der Waals surface area contributed by atoms with Crippen molar-refractivity contribution in [2.45, 2.75) is 52.1 Å². The summed E-state index contributed by atoms with van der Waals surface area (Å²) in [7, 11) is 0. The lowest BCUT2D eigenvalue weighted by molar-refractivity contribution is -0.138. The number of carboxylic acids is 1. The Morgan fingerprint density at radius 2 is 1.94 bits per heavy atom. The number of nitrogens with two attached hydrogens (primary N) is 1. The summed E-state index contributed by atoms with van der Waals surface area (Å²) in [6.45, 7) is 5.70. The third-order valence-corrected chi connectivity index (χ3v) is 2.46. The van der Waals surface area contributed by atoms with E-state index in [2.05, 4.69) is 5.32 Å². The number of rotatable bonds is 7. The molecule has 0 spiro atoms. The first-order chi connectivity index (χ1) is 7.38. The SMILES string of the molecule is CCC[C@@H](N)C(=O)NC(CC(=O)O)C(C)C. The smallest absolute Gasteiger partial charge is 0.305 e. The first-order valence-corrected chi connectivity index (χ1v) is 5.66. The van der Waals surface area contributed by atoms with Crippen LogP contribution in [0.2, 0.25) is 0 Å². The molecule has 0 bridgehead atoms. The van der Waals surface area contributed by atoms with Crippen molar-refractivity contribution in [3.63, 3.8) is 0 Å². The predicted molar refractivity (Wildman–Crippen MR) is 61.9 cm³/mol. The molecule has 0 fully saturated rings. The number of carbonyl (C=O) groups excluding carboxylic acids is 1. The van der Waals surface area contributed by atoms with Crippen LogP contribution in [-0.4, -0.2) is 29.1 Å². The molecule has 0 aromatic rings. The van der Waals surface area contributed by atoms with Gasteiger partial charge in [0.15, 0.2) is 0 Å². The van der Waals surface area contributed by atoms with Crippen LogP contribution in [0.25, 0.3) is 0 Å². The zero-order valence-electron chi connectivity index (χ0n) is 10.2. The van der Waals surface area contributed by atoms with Crippen molar-refractivity contribution in [3.8, 4) is 0 Å². The van der Waals surface area contributed by atoms with E-state index in [1.807, 2.05) is 20.8 Å². The van der Waals surface area contributed by atoms with Gasteiger partial charge in [0.25, 0.3) is 0 Å². The van der Waals surface area contributed by atoms with E-state index in [1.54, 1.807) is 0 Å². The Hall–Kier alpha value is -1.10. The Morgan fingerprint density at radius 1 is 1.38 bits per heavy atom. The zero-order chi connectivity index (χ0) is 12.7. The maximum Gasteiger partial charge on any atom is 0.305 e. The molecule has 0 saturated heterocycles. The summed E-state index contributed by atoms with van der Waals surface area (Å²) < 4.78 is 0. The molecule has 5 nitrogen and oxygen atoms in total. The average Bonchev–Trinajstić information content (AvgIpc) is 2.16. The van der Waals surface area contributed by atoms with Gasteiger partial charge in [-0.15, -0.1) is 0 Å². The Morgan fingerprint density at radius 3 is 2.31 bits per heavy atom. The molecule has 4 N–H and O–H groups in total. The number of hydrogen-bond donors (Lipinski definition) is 3. The Kier molecular flexibility index (Phi) is 6.72. The molecule has 1 amide bonds.